The molecule has 1 fully saturated rings. The van der Waals surface area contributed by atoms with E-state index >= 15 is 0 Å². The van der Waals surface area contributed by atoms with Crippen molar-refractivity contribution in [1.82, 2.24) is 9.97 Å². The fourth-order valence-electron chi connectivity index (χ4n) is 2.36. The molecule has 0 atom stereocenters. The Kier molecular flexibility index (Phi) is 3.10. The summed E-state index contributed by atoms with van der Waals surface area (Å²) in [5.74, 6) is 0.843. The maximum atomic E-state index is 11.9. The Bertz CT molecular complexity index is 778. The molecule has 2 N–H and O–H groups in total. The van der Waals surface area contributed by atoms with Crippen LogP contribution in [0.3, 0.4) is 0 Å². The largest absolute Gasteiger partial charge is 0.405 e. The molecule has 3 rings (SSSR count). The van der Waals surface area contributed by atoms with Crippen LogP contribution < -0.4 is 11.2 Å². The molecule has 0 radical (unpaired) electrons. The van der Waals surface area contributed by atoms with Crippen LogP contribution in [0.15, 0.2) is 20.1 Å². The highest BCUT2D eigenvalue weighted by molar-refractivity contribution is 7.71. The lowest BCUT2D eigenvalue weighted by Gasteiger charge is -2.04. The second kappa shape index (κ2) is 4.77. The highest BCUT2D eigenvalue weighted by Crippen LogP contribution is 2.34. The van der Waals surface area contributed by atoms with Gasteiger partial charge in [-0.1, -0.05) is 19.3 Å². The molecule has 0 saturated heterocycles. The van der Waals surface area contributed by atoms with E-state index in [1.54, 1.807) is 0 Å². The topological polar surface area (TPSA) is 78.9 Å². The standard InChI is InChI=1S/C13H14N2O3S/c16-9-6-8(3-1-2-7-4-5-7)10-11(17)14-13(19)15-12(10)18-9/h6-7H,1-5H2,(H2,14,15,17,19). The number of rotatable bonds is 4. The lowest BCUT2D eigenvalue weighted by Crippen LogP contribution is -2.13. The number of fused-ring (bicyclic) bond motifs is 1. The minimum atomic E-state index is -0.454. The second-order valence-electron chi connectivity index (χ2n) is 5.04. The summed E-state index contributed by atoms with van der Waals surface area (Å²) in [5.41, 5.74) is 0.149. The van der Waals surface area contributed by atoms with Crippen LogP contribution in [0.4, 0.5) is 0 Å². The molecule has 0 unspecified atom stereocenters. The number of aryl methyl sites for hydroxylation is 1. The van der Waals surface area contributed by atoms with Gasteiger partial charge in [-0.25, -0.2) is 4.79 Å². The summed E-state index contributed by atoms with van der Waals surface area (Å²) in [6.45, 7) is 0. The molecule has 0 amide bonds. The summed E-state index contributed by atoms with van der Waals surface area (Å²) in [6.07, 6.45) is 5.48. The molecule has 2 aromatic heterocycles. The first-order valence-corrected chi connectivity index (χ1v) is 6.83. The van der Waals surface area contributed by atoms with Crippen LogP contribution >= 0.6 is 12.2 Å². The van der Waals surface area contributed by atoms with Crippen molar-refractivity contribution in [2.45, 2.75) is 32.1 Å². The lowest BCUT2D eigenvalue weighted by atomic mass is 10.1. The minimum Gasteiger partial charge on any atom is -0.405 e. The van der Waals surface area contributed by atoms with Gasteiger partial charge in [-0.2, -0.15) is 0 Å². The Morgan fingerprint density at radius 3 is 2.84 bits per heavy atom. The number of aromatic amines is 2. The molecule has 2 heterocycles. The number of hydrogen-bond acceptors (Lipinski definition) is 4. The zero-order valence-electron chi connectivity index (χ0n) is 10.3. The second-order valence-corrected chi connectivity index (χ2v) is 5.45. The normalized spacial score (nSPS) is 14.9. The molecule has 1 aliphatic carbocycles. The van der Waals surface area contributed by atoms with Crippen LogP contribution in [-0.2, 0) is 6.42 Å². The fraction of sp³-hybridized carbons (Fsp3) is 0.462. The molecule has 1 saturated carbocycles. The van der Waals surface area contributed by atoms with Gasteiger partial charge in [-0.05, 0) is 36.5 Å². The van der Waals surface area contributed by atoms with Crippen molar-refractivity contribution < 1.29 is 4.42 Å². The van der Waals surface area contributed by atoms with Crippen molar-refractivity contribution in [2.24, 2.45) is 5.92 Å². The van der Waals surface area contributed by atoms with Crippen LogP contribution in [0.2, 0.25) is 0 Å². The molecule has 100 valence electrons. The van der Waals surface area contributed by atoms with Gasteiger partial charge >= 0.3 is 5.63 Å². The van der Waals surface area contributed by atoms with Crippen molar-refractivity contribution in [2.75, 3.05) is 0 Å². The van der Waals surface area contributed by atoms with E-state index in [1.165, 1.54) is 18.9 Å². The van der Waals surface area contributed by atoms with E-state index in [9.17, 15) is 9.59 Å². The van der Waals surface area contributed by atoms with E-state index in [4.69, 9.17) is 16.6 Å². The Hall–Kier alpha value is -1.69. The van der Waals surface area contributed by atoms with E-state index < -0.39 is 5.63 Å². The first kappa shape index (κ1) is 12.3. The van der Waals surface area contributed by atoms with Crippen molar-refractivity contribution in [3.05, 3.63) is 37.2 Å². The molecule has 0 aromatic carbocycles. The van der Waals surface area contributed by atoms with Crippen LogP contribution in [0.1, 0.15) is 31.2 Å². The first-order chi connectivity index (χ1) is 9.13. The Morgan fingerprint density at radius 1 is 1.32 bits per heavy atom. The minimum absolute atomic E-state index is 0.163. The molecule has 0 aliphatic heterocycles. The van der Waals surface area contributed by atoms with E-state index in [1.807, 2.05) is 0 Å². The van der Waals surface area contributed by atoms with E-state index in [0.29, 0.717) is 11.8 Å². The van der Waals surface area contributed by atoms with Gasteiger partial charge in [0.05, 0.1) is 0 Å². The maximum Gasteiger partial charge on any atom is 0.337 e. The quantitative estimate of drug-likeness (QED) is 0.841. The molecule has 19 heavy (non-hydrogen) atoms. The van der Waals surface area contributed by atoms with Crippen LogP contribution in [0, 0.1) is 10.7 Å². The van der Waals surface area contributed by atoms with Crippen molar-refractivity contribution in [3.63, 3.8) is 0 Å². The molecule has 5 nitrogen and oxygen atoms in total. The smallest absolute Gasteiger partial charge is 0.337 e. The summed E-state index contributed by atoms with van der Waals surface area (Å²) < 4.78 is 5.17. The van der Waals surface area contributed by atoms with Gasteiger partial charge in [-0.3, -0.25) is 9.78 Å². The van der Waals surface area contributed by atoms with Gasteiger partial charge < -0.3 is 9.40 Å². The van der Waals surface area contributed by atoms with E-state index in [-0.39, 0.29) is 16.0 Å². The molecular weight excluding hydrogens is 264 g/mol. The SMILES string of the molecule is O=c1cc(CCCC2CC2)c2c(=O)[nH]c(=S)[nH]c2o1. The number of aromatic nitrogens is 2. The van der Waals surface area contributed by atoms with Gasteiger partial charge in [0.15, 0.2) is 4.77 Å². The van der Waals surface area contributed by atoms with Crippen LogP contribution in [-0.4, -0.2) is 9.97 Å². The third-order valence-electron chi connectivity index (χ3n) is 3.48. The molecule has 2 aromatic rings. The zero-order valence-corrected chi connectivity index (χ0v) is 11.1. The van der Waals surface area contributed by atoms with Gasteiger partial charge in [0.25, 0.3) is 5.56 Å². The Balaban J connectivity index is 2.03. The monoisotopic (exact) mass is 278 g/mol. The fourth-order valence-corrected chi connectivity index (χ4v) is 2.55. The lowest BCUT2D eigenvalue weighted by molar-refractivity contribution is 0.544. The summed E-state index contributed by atoms with van der Waals surface area (Å²) >= 11 is 4.87. The highest BCUT2D eigenvalue weighted by Gasteiger charge is 2.20. The number of H-pyrrole nitrogens is 2. The van der Waals surface area contributed by atoms with Crippen LogP contribution in [0.25, 0.3) is 11.1 Å². The summed E-state index contributed by atoms with van der Waals surface area (Å²) in [6, 6.07) is 1.40. The average molecular weight is 278 g/mol. The van der Waals surface area contributed by atoms with Crippen molar-refractivity contribution in [1.29, 1.82) is 0 Å². The average Bonchev–Trinajstić information content (AvgIpc) is 3.11. The maximum absolute atomic E-state index is 11.9. The first-order valence-electron chi connectivity index (χ1n) is 6.43. The molecule has 0 bridgehead atoms. The third-order valence-corrected chi connectivity index (χ3v) is 3.68. The van der Waals surface area contributed by atoms with E-state index in [2.05, 4.69) is 9.97 Å². The molecule has 1 aliphatic rings. The molecule has 6 heteroatoms. The van der Waals surface area contributed by atoms with E-state index in [0.717, 1.165) is 24.3 Å². The predicted octanol–water partition coefficient (Wildman–Crippen LogP) is 2.27. The zero-order chi connectivity index (χ0) is 13.4. The summed E-state index contributed by atoms with van der Waals surface area (Å²) in [4.78, 5) is 28.7. The number of hydrogen-bond donors (Lipinski definition) is 2. The summed E-state index contributed by atoms with van der Waals surface area (Å²) in [7, 11) is 0. The molecular formula is C13H14N2O3S. The highest BCUT2D eigenvalue weighted by atomic mass is 32.1. The van der Waals surface area contributed by atoms with Crippen molar-refractivity contribution >= 4 is 23.3 Å². The van der Waals surface area contributed by atoms with Crippen molar-refractivity contribution in [3.8, 4) is 0 Å². The Labute approximate surface area is 113 Å². The molecule has 0 spiro atoms. The third kappa shape index (κ3) is 2.68. The van der Waals surface area contributed by atoms with Crippen LogP contribution in [0.5, 0.6) is 0 Å². The van der Waals surface area contributed by atoms with Gasteiger partial charge in [0.2, 0.25) is 5.71 Å². The summed E-state index contributed by atoms with van der Waals surface area (Å²) in [5, 5.41) is 0.406. The van der Waals surface area contributed by atoms with Gasteiger partial charge in [0, 0.05) is 6.07 Å². The Morgan fingerprint density at radius 2 is 2.11 bits per heavy atom. The van der Waals surface area contributed by atoms with Gasteiger partial charge in [-0.15, -0.1) is 0 Å². The van der Waals surface area contributed by atoms with Gasteiger partial charge in [0.1, 0.15) is 5.39 Å². The predicted molar refractivity (Wildman–Crippen MR) is 74.0 cm³/mol. The number of nitrogens with one attached hydrogen (secondary N) is 2.